The van der Waals surface area contributed by atoms with E-state index in [0.717, 1.165) is 13.0 Å². The number of carbonyl (C=O) groups is 1. The van der Waals surface area contributed by atoms with Crippen molar-refractivity contribution in [3.05, 3.63) is 36.0 Å². The van der Waals surface area contributed by atoms with Crippen LogP contribution in [0.15, 0.2) is 30.5 Å². The monoisotopic (exact) mass is 388 g/mol. The summed E-state index contributed by atoms with van der Waals surface area (Å²) in [6.45, 7) is 1.54. The number of methoxy groups -OCH3 is 3. The number of pyridine rings is 1. The van der Waals surface area contributed by atoms with Gasteiger partial charge < -0.3 is 29.7 Å². The van der Waals surface area contributed by atoms with Gasteiger partial charge in [-0.3, -0.25) is 4.79 Å². The Morgan fingerprint density at radius 2 is 1.75 bits per heavy atom. The number of hydrogen-bond donors (Lipinski definition) is 2. The van der Waals surface area contributed by atoms with Gasteiger partial charge in [0.2, 0.25) is 5.75 Å². The Labute approximate surface area is 165 Å². The van der Waals surface area contributed by atoms with Gasteiger partial charge in [0.15, 0.2) is 11.5 Å². The first-order chi connectivity index (χ1) is 13.5. The molecule has 0 spiro atoms. The van der Waals surface area contributed by atoms with E-state index in [9.17, 15) is 4.79 Å². The Kier molecular flexibility index (Phi) is 7.88. The minimum absolute atomic E-state index is 0.130. The van der Waals surface area contributed by atoms with Gasteiger partial charge in [0, 0.05) is 36.1 Å². The van der Waals surface area contributed by atoms with E-state index in [1.165, 1.54) is 0 Å². The molecule has 0 aliphatic rings. The van der Waals surface area contributed by atoms with Crippen LogP contribution in [0, 0.1) is 0 Å². The molecule has 152 valence electrons. The highest BCUT2D eigenvalue weighted by molar-refractivity contribution is 5.94. The molecule has 8 heteroatoms. The standard InChI is InChI=1S/C20H28N4O4/c1-24(2)10-6-8-22-20(25)14-7-9-21-18(11-14)23-15-12-16(26-3)19(28-5)17(13-15)27-4/h7,9,11-13H,6,8,10H2,1-5H3,(H,21,23)(H,22,25). The highest BCUT2D eigenvalue weighted by Crippen LogP contribution is 2.40. The SMILES string of the molecule is COc1cc(Nc2cc(C(=O)NCCCN(C)C)ccn2)cc(OC)c1OC. The Balaban J connectivity index is 2.11. The summed E-state index contributed by atoms with van der Waals surface area (Å²) in [5.41, 5.74) is 1.24. The quantitative estimate of drug-likeness (QED) is 0.605. The van der Waals surface area contributed by atoms with Crippen LogP contribution in [-0.4, -0.2) is 64.3 Å². The zero-order valence-corrected chi connectivity index (χ0v) is 17.0. The van der Waals surface area contributed by atoms with E-state index in [1.54, 1.807) is 51.8 Å². The van der Waals surface area contributed by atoms with Gasteiger partial charge in [-0.1, -0.05) is 0 Å². The third kappa shape index (κ3) is 5.75. The molecule has 0 aliphatic carbocycles. The molecule has 2 N–H and O–H groups in total. The van der Waals surface area contributed by atoms with E-state index in [2.05, 4.69) is 20.5 Å². The van der Waals surface area contributed by atoms with E-state index in [0.29, 0.717) is 40.9 Å². The van der Waals surface area contributed by atoms with Gasteiger partial charge in [0.1, 0.15) is 5.82 Å². The lowest BCUT2D eigenvalue weighted by Crippen LogP contribution is -2.27. The molecule has 1 aromatic carbocycles. The molecule has 1 amide bonds. The zero-order chi connectivity index (χ0) is 20.5. The van der Waals surface area contributed by atoms with Crippen LogP contribution in [0.4, 0.5) is 11.5 Å². The Morgan fingerprint density at radius 3 is 2.32 bits per heavy atom. The summed E-state index contributed by atoms with van der Waals surface area (Å²) in [6.07, 6.45) is 2.48. The minimum Gasteiger partial charge on any atom is -0.493 e. The molecule has 2 aromatic rings. The van der Waals surface area contributed by atoms with Crippen molar-refractivity contribution in [2.45, 2.75) is 6.42 Å². The Hall–Kier alpha value is -3.00. The fourth-order valence-electron chi connectivity index (χ4n) is 2.64. The number of benzene rings is 1. The smallest absolute Gasteiger partial charge is 0.251 e. The van der Waals surface area contributed by atoms with Gasteiger partial charge in [-0.25, -0.2) is 4.98 Å². The summed E-state index contributed by atoms with van der Waals surface area (Å²) >= 11 is 0. The van der Waals surface area contributed by atoms with Gasteiger partial charge in [-0.05, 0) is 39.2 Å². The van der Waals surface area contributed by atoms with Crippen LogP contribution < -0.4 is 24.8 Å². The second-order valence-corrected chi connectivity index (χ2v) is 6.38. The van der Waals surface area contributed by atoms with Gasteiger partial charge in [0.05, 0.1) is 21.3 Å². The zero-order valence-electron chi connectivity index (χ0n) is 17.0. The first kappa shape index (κ1) is 21.3. The largest absolute Gasteiger partial charge is 0.493 e. The molecule has 0 aliphatic heterocycles. The molecule has 1 heterocycles. The van der Waals surface area contributed by atoms with Crippen LogP contribution in [0.1, 0.15) is 16.8 Å². The molecule has 28 heavy (non-hydrogen) atoms. The predicted molar refractivity (Wildman–Crippen MR) is 109 cm³/mol. The van der Waals surface area contributed by atoms with Gasteiger partial charge in [-0.15, -0.1) is 0 Å². The molecule has 0 saturated heterocycles. The third-order valence-electron chi connectivity index (χ3n) is 4.03. The number of ether oxygens (including phenoxy) is 3. The van der Waals surface area contributed by atoms with Crippen LogP contribution in [0.5, 0.6) is 17.2 Å². The van der Waals surface area contributed by atoms with E-state index < -0.39 is 0 Å². The highest BCUT2D eigenvalue weighted by atomic mass is 16.5. The van der Waals surface area contributed by atoms with E-state index in [-0.39, 0.29) is 5.91 Å². The summed E-state index contributed by atoms with van der Waals surface area (Å²) in [7, 11) is 8.68. The van der Waals surface area contributed by atoms with Crippen molar-refractivity contribution < 1.29 is 19.0 Å². The second-order valence-electron chi connectivity index (χ2n) is 6.38. The molecule has 0 unspecified atom stereocenters. The van der Waals surface area contributed by atoms with Crippen molar-refractivity contribution in [2.24, 2.45) is 0 Å². The van der Waals surface area contributed by atoms with Crippen molar-refractivity contribution in [1.82, 2.24) is 15.2 Å². The van der Waals surface area contributed by atoms with E-state index in [1.807, 2.05) is 14.1 Å². The topological polar surface area (TPSA) is 85.0 Å². The summed E-state index contributed by atoms with van der Waals surface area (Å²) in [6, 6.07) is 6.93. The lowest BCUT2D eigenvalue weighted by molar-refractivity contribution is 0.0952. The van der Waals surface area contributed by atoms with Crippen molar-refractivity contribution in [3.63, 3.8) is 0 Å². The summed E-state index contributed by atoms with van der Waals surface area (Å²) in [5.74, 6) is 1.97. The van der Waals surface area contributed by atoms with Crippen LogP contribution in [0.3, 0.4) is 0 Å². The average Bonchev–Trinajstić information content (AvgIpc) is 2.70. The maximum Gasteiger partial charge on any atom is 0.251 e. The minimum atomic E-state index is -0.130. The lowest BCUT2D eigenvalue weighted by atomic mass is 10.2. The van der Waals surface area contributed by atoms with Crippen LogP contribution in [-0.2, 0) is 0 Å². The molecule has 0 saturated carbocycles. The van der Waals surface area contributed by atoms with Gasteiger partial charge in [0.25, 0.3) is 5.91 Å². The van der Waals surface area contributed by atoms with Crippen molar-refractivity contribution in [3.8, 4) is 17.2 Å². The van der Waals surface area contributed by atoms with E-state index in [4.69, 9.17) is 14.2 Å². The van der Waals surface area contributed by atoms with E-state index >= 15 is 0 Å². The molecule has 2 rings (SSSR count). The maximum atomic E-state index is 12.3. The third-order valence-corrected chi connectivity index (χ3v) is 4.03. The van der Waals surface area contributed by atoms with Crippen LogP contribution in [0.25, 0.3) is 0 Å². The number of carbonyl (C=O) groups excluding carboxylic acids is 1. The van der Waals surface area contributed by atoms with Crippen molar-refractivity contribution >= 4 is 17.4 Å². The summed E-state index contributed by atoms with van der Waals surface area (Å²) in [4.78, 5) is 18.7. The summed E-state index contributed by atoms with van der Waals surface area (Å²) in [5, 5.41) is 6.09. The fourth-order valence-corrected chi connectivity index (χ4v) is 2.64. The molecule has 0 radical (unpaired) electrons. The van der Waals surface area contributed by atoms with Crippen LogP contribution in [0.2, 0.25) is 0 Å². The number of rotatable bonds is 10. The Morgan fingerprint density at radius 1 is 1.07 bits per heavy atom. The number of aromatic nitrogens is 1. The van der Waals surface area contributed by atoms with Gasteiger partial charge in [-0.2, -0.15) is 0 Å². The lowest BCUT2D eigenvalue weighted by Gasteiger charge is -2.15. The first-order valence-corrected chi connectivity index (χ1v) is 8.94. The number of anilines is 2. The maximum absolute atomic E-state index is 12.3. The highest BCUT2D eigenvalue weighted by Gasteiger charge is 2.14. The fraction of sp³-hybridized carbons (Fsp3) is 0.400. The molecule has 8 nitrogen and oxygen atoms in total. The molecular weight excluding hydrogens is 360 g/mol. The Bertz CT molecular complexity index is 771. The number of hydrogen-bond acceptors (Lipinski definition) is 7. The number of nitrogens with one attached hydrogen (secondary N) is 2. The molecule has 0 atom stereocenters. The molecule has 0 bridgehead atoms. The van der Waals surface area contributed by atoms with Crippen LogP contribution >= 0.6 is 0 Å². The second kappa shape index (κ2) is 10.4. The normalized spacial score (nSPS) is 10.5. The van der Waals surface area contributed by atoms with Crippen molar-refractivity contribution in [2.75, 3.05) is 53.8 Å². The molecule has 0 fully saturated rings. The van der Waals surface area contributed by atoms with Crippen molar-refractivity contribution in [1.29, 1.82) is 0 Å². The molecule has 1 aromatic heterocycles. The summed E-state index contributed by atoms with van der Waals surface area (Å²) < 4.78 is 16.0. The predicted octanol–water partition coefficient (Wildman–Crippen LogP) is 2.53. The molecular formula is C20H28N4O4. The number of amides is 1. The number of nitrogens with zero attached hydrogens (tertiary/aromatic N) is 2. The first-order valence-electron chi connectivity index (χ1n) is 8.94. The average molecular weight is 388 g/mol. The van der Waals surface area contributed by atoms with Gasteiger partial charge >= 0.3 is 0 Å².